The Morgan fingerprint density at radius 2 is 1.67 bits per heavy atom. The number of nitrogens with zero attached hydrogens (tertiary/aromatic N) is 2. The maximum atomic E-state index is 5.45. The minimum Gasteiger partial charge on any atom is -0.381 e. The molecule has 0 bridgehead atoms. The predicted octanol–water partition coefficient (Wildman–Crippen LogP) is 2.83. The van der Waals surface area contributed by atoms with E-state index in [1.54, 1.807) is 0 Å². The molecule has 0 spiro atoms. The van der Waals surface area contributed by atoms with E-state index >= 15 is 0 Å². The Hall–Kier alpha value is -0.160. The minimum atomic E-state index is 0.242. The Morgan fingerprint density at radius 1 is 1.04 bits per heavy atom. The van der Waals surface area contributed by atoms with Gasteiger partial charge in [0.05, 0.1) is 0 Å². The summed E-state index contributed by atoms with van der Waals surface area (Å²) in [6.07, 6.45) is 3.68. The molecule has 2 aliphatic rings. The lowest BCUT2D eigenvalue weighted by Crippen LogP contribution is -2.55. The largest absolute Gasteiger partial charge is 0.381 e. The van der Waals surface area contributed by atoms with E-state index in [2.05, 4.69) is 56.8 Å². The number of likely N-dealkylation sites (tertiary alicyclic amines) is 1. The van der Waals surface area contributed by atoms with E-state index in [1.807, 2.05) is 0 Å². The van der Waals surface area contributed by atoms with Gasteiger partial charge in [-0.1, -0.05) is 0 Å². The van der Waals surface area contributed by atoms with Crippen molar-refractivity contribution in [2.24, 2.45) is 11.8 Å². The zero-order valence-corrected chi connectivity index (χ0v) is 17.0. The third-order valence-corrected chi connectivity index (χ3v) is 5.97. The number of nitrogens with one attached hydrogen (secondary N) is 1. The van der Waals surface area contributed by atoms with Gasteiger partial charge in [0.1, 0.15) is 0 Å². The van der Waals surface area contributed by atoms with Crippen LogP contribution in [-0.4, -0.2) is 73.9 Å². The van der Waals surface area contributed by atoms with Crippen molar-refractivity contribution < 1.29 is 4.74 Å². The second-order valence-electron chi connectivity index (χ2n) is 9.75. The van der Waals surface area contributed by atoms with E-state index in [9.17, 15) is 0 Å². The molecule has 1 N–H and O–H groups in total. The number of hydrogen-bond donors (Lipinski definition) is 1. The van der Waals surface area contributed by atoms with E-state index in [0.29, 0.717) is 0 Å². The van der Waals surface area contributed by atoms with E-state index in [4.69, 9.17) is 4.74 Å². The Balaban J connectivity index is 1.58. The van der Waals surface area contributed by atoms with Crippen LogP contribution in [0.15, 0.2) is 0 Å². The molecule has 0 atom stereocenters. The van der Waals surface area contributed by atoms with Crippen LogP contribution in [-0.2, 0) is 4.74 Å². The average molecular weight is 340 g/mol. The molecule has 0 radical (unpaired) electrons. The van der Waals surface area contributed by atoms with Gasteiger partial charge < -0.3 is 19.9 Å². The molecule has 4 heteroatoms. The van der Waals surface area contributed by atoms with Crippen LogP contribution < -0.4 is 5.32 Å². The van der Waals surface area contributed by atoms with Crippen LogP contribution in [0.25, 0.3) is 0 Å². The summed E-state index contributed by atoms with van der Waals surface area (Å²) in [5.74, 6) is 1.66. The molecule has 0 aliphatic carbocycles. The molecule has 2 saturated heterocycles. The topological polar surface area (TPSA) is 27.7 Å². The Morgan fingerprint density at radius 3 is 2.25 bits per heavy atom. The average Bonchev–Trinajstić information content (AvgIpc) is 2.47. The van der Waals surface area contributed by atoms with Gasteiger partial charge >= 0.3 is 0 Å². The fraction of sp³-hybridized carbons (Fsp3) is 1.00. The summed E-state index contributed by atoms with van der Waals surface area (Å²) >= 11 is 0. The van der Waals surface area contributed by atoms with Crippen molar-refractivity contribution >= 4 is 0 Å². The van der Waals surface area contributed by atoms with Crippen molar-refractivity contribution in [1.29, 1.82) is 0 Å². The van der Waals surface area contributed by atoms with Crippen LogP contribution in [0.4, 0.5) is 0 Å². The SMILES string of the molecule is CN(CC1CN(CCC(C)(C)NCC2CCOCC2)C1)C(C)(C)C. The van der Waals surface area contributed by atoms with Gasteiger partial charge in [-0.15, -0.1) is 0 Å². The Labute approximate surface area is 150 Å². The van der Waals surface area contributed by atoms with Gasteiger partial charge in [-0.2, -0.15) is 0 Å². The van der Waals surface area contributed by atoms with Crippen molar-refractivity contribution in [2.75, 3.05) is 53.0 Å². The van der Waals surface area contributed by atoms with E-state index in [1.165, 1.54) is 45.4 Å². The molecular formula is C20H41N3O. The maximum absolute atomic E-state index is 5.45. The lowest BCUT2D eigenvalue weighted by Gasteiger charge is -2.45. The molecule has 2 rings (SSSR count). The summed E-state index contributed by atoms with van der Waals surface area (Å²) in [5, 5.41) is 3.81. The van der Waals surface area contributed by atoms with Gasteiger partial charge in [-0.25, -0.2) is 0 Å². The normalized spacial score (nSPS) is 22.1. The molecule has 0 amide bonds. The summed E-state index contributed by atoms with van der Waals surface area (Å²) in [7, 11) is 2.26. The molecule has 0 aromatic carbocycles. The van der Waals surface area contributed by atoms with E-state index < -0.39 is 0 Å². The van der Waals surface area contributed by atoms with Crippen molar-refractivity contribution in [1.82, 2.24) is 15.1 Å². The lowest BCUT2D eigenvalue weighted by molar-refractivity contribution is 0.0414. The molecule has 2 aliphatic heterocycles. The van der Waals surface area contributed by atoms with Crippen molar-refractivity contribution in [3.63, 3.8) is 0 Å². The van der Waals surface area contributed by atoms with Crippen LogP contribution in [0, 0.1) is 11.8 Å². The van der Waals surface area contributed by atoms with Crippen LogP contribution in [0.5, 0.6) is 0 Å². The van der Waals surface area contributed by atoms with Gasteiger partial charge in [-0.05, 0) is 85.9 Å². The molecule has 142 valence electrons. The van der Waals surface area contributed by atoms with Crippen molar-refractivity contribution in [3.05, 3.63) is 0 Å². The van der Waals surface area contributed by atoms with Crippen LogP contribution in [0.2, 0.25) is 0 Å². The molecule has 4 nitrogen and oxygen atoms in total. The van der Waals surface area contributed by atoms with Crippen LogP contribution >= 0.6 is 0 Å². The first-order valence-corrected chi connectivity index (χ1v) is 9.92. The molecule has 0 saturated carbocycles. The highest BCUT2D eigenvalue weighted by Gasteiger charge is 2.31. The third kappa shape index (κ3) is 6.62. The highest BCUT2D eigenvalue weighted by molar-refractivity contribution is 4.87. The molecule has 0 aromatic rings. The number of hydrogen-bond acceptors (Lipinski definition) is 4. The van der Waals surface area contributed by atoms with Gasteiger partial charge in [0.25, 0.3) is 0 Å². The van der Waals surface area contributed by atoms with Gasteiger partial charge in [0.15, 0.2) is 0 Å². The smallest absolute Gasteiger partial charge is 0.0469 e. The monoisotopic (exact) mass is 339 g/mol. The van der Waals surface area contributed by atoms with Gasteiger partial charge in [0.2, 0.25) is 0 Å². The van der Waals surface area contributed by atoms with Gasteiger partial charge in [0, 0.05) is 43.9 Å². The Bertz CT molecular complexity index is 366. The zero-order chi connectivity index (χ0) is 17.8. The van der Waals surface area contributed by atoms with E-state index in [0.717, 1.165) is 31.6 Å². The maximum Gasteiger partial charge on any atom is 0.0469 e. The Kier molecular flexibility index (Phi) is 7.12. The predicted molar refractivity (Wildman–Crippen MR) is 103 cm³/mol. The molecule has 2 heterocycles. The molecule has 0 aromatic heterocycles. The quantitative estimate of drug-likeness (QED) is 0.736. The van der Waals surface area contributed by atoms with Crippen molar-refractivity contribution in [2.45, 2.75) is 65.0 Å². The first-order chi connectivity index (χ1) is 11.2. The summed E-state index contributed by atoms with van der Waals surface area (Å²) in [4.78, 5) is 5.12. The first kappa shape index (κ1) is 20.2. The molecule has 24 heavy (non-hydrogen) atoms. The zero-order valence-electron chi connectivity index (χ0n) is 17.0. The van der Waals surface area contributed by atoms with Crippen LogP contribution in [0.3, 0.4) is 0 Å². The first-order valence-electron chi connectivity index (χ1n) is 9.92. The fourth-order valence-corrected chi connectivity index (χ4v) is 3.53. The highest BCUT2D eigenvalue weighted by atomic mass is 16.5. The second-order valence-corrected chi connectivity index (χ2v) is 9.75. The lowest BCUT2D eigenvalue weighted by atomic mass is 9.93. The summed E-state index contributed by atoms with van der Waals surface area (Å²) in [6, 6.07) is 0. The highest BCUT2D eigenvalue weighted by Crippen LogP contribution is 2.22. The number of rotatable bonds is 8. The van der Waals surface area contributed by atoms with Crippen LogP contribution in [0.1, 0.15) is 53.9 Å². The summed E-state index contributed by atoms with van der Waals surface area (Å²) in [5.41, 5.74) is 0.530. The third-order valence-electron chi connectivity index (χ3n) is 5.97. The van der Waals surface area contributed by atoms with Gasteiger partial charge in [-0.3, -0.25) is 0 Å². The molecule has 2 fully saturated rings. The summed E-state index contributed by atoms with van der Waals surface area (Å²) in [6.45, 7) is 19.7. The second kappa shape index (κ2) is 8.48. The van der Waals surface area contributed by atoms with Crippen molar-refractivity contribution in [3.8, 4) is 0 Å². The number of ether oxygens (including phenoxy) is 1. The summed E-state index contributed by atoms with van der Waals surface area (Å²) < 4.78 is 5.45. The minimum absolute atomic E-state index is 0.242. The standard InChI is InChI=1S/C20H41N3O/c1-19(2,3)22(6)14-18-15-23(16-18)10-9-20(4,5)21-13-17-7-11-24-12-8-17/h17-18,21H,7-16H2,1-6H3. The molecule has 0 unspecified atom stereocenters. The fourth-order valence-electron chi connectivity index (χ4n) is 3.53. The molecular weight excluding hydrogens is 298 g/mol. The van der Waals surface area contributed by atoms with E-state index in [-0.39, 0.29) is 11.1 Å².